The second-order valence-corrected chi connectivity index (χ2v) is 7.57. The second-order valence-electron chi connectivity index (χ2n) is 5.17. The van der Waals surface area contributed by atoms with Gasteiger partial charge in [-0.2, -0.15) is 0 Å². The Balaban J connectivity index is 1.82. The zero-order valence-corrected chi connectivity index (χ0v) is 14.6. The van der Waals surface area contributed by atoms with E-state index in [1.807, 2.05) is 38.1 Å². The summed E-state index contributed by atoms with van der Waals surface area (Å²) in [4.78, 5) is 19.4. The van der Waals surface area contributed by atoms with Crippen LogP contribution in [0.25, 0.3) is 11.0 Å². The summed E-state index contributed by atoms with van der Waals surface area (Å²) in [6.45, 7) is 7.01. The van der Waals surface area contributed by atoms with Crippen LogP contribution in [0.2, 0.25) is 0 Å². The molecule has 0 spiro atoms. The molecule has 0 radical (unpaired) electrons. The van der Waals surface area contributed by atoms with Crippen molar-refractivity contribution in [1.82, 2.24) is 9.55 Å². The number of ketones is 1. The molecule has 3 aromatic rings. The third-order valence-electron chi connectivity index (χ3n) is 3.61. The first-order chi connectivity index (χ1) is 10.6. The minimum absolute atomic E-state index is 0.182. The molecule has 0 unspecified atom stereocenters. The van der Waals surface area contributed by atoms with Crippen molar-refractivity contribution in [1.29, 1.82) is 0 Å². The number of nitrogens with zero attached hydrogens (tertiary/aromatic N) is 2. The number of hydrogen-bond donors (Lipinski definition) is 0. The molecule has 0 saturated heterocycles. The van der Waals surface area contributed by atoms with Crippen molar-refractivity contribution in [3.8, 4) is 0 Å². The zero-order valence-electron chi connectivity index (χ0n) is 12.9. The lowest BCUT2D eigenvalue weighted by Crippen LogP contribution is -2.04. The molecule has 0 saturated carbocycles. The fraction of sp³-hybridized carbons (Fsp3) is 0.294. The van der Waals surface area contributed by atoms with Crippen LogP contribution in [0.15, 0.2) is 35.5 Å². The van der Waals surface area contributed by atoms with Gasteiger partial charge in [-0.15, -0.1) is 11.3 Å². The number of rotatable bonds is 5. The average molecular weight is 330 g/mol. The van der Waals surface area contributed by atoms with Gasteiger partial charge in [0.2, 0.25) is 0 Å². The SMILES string of the molecule is CCn1c(SCC(=O)c2cc(C)sc2C)nc2ccccc21. The lowest BCUT2D eigenvalue weighted by molar-refractivity contribution is 0.102. The number of thiophene rings is 1. The predicted molar refractivity (Wildman–Crippen MR) is 94.3 cm³/mol. The summed E-state index contributed by atoms with van der Waals surface area (Å²) in [5.41, 5.74) is 2.97. The number of aryl methyl sites for hydroxylation is 3. The maximum Gasteiger partial charge on any atom is 0.174 e. The second kappa shape index (κ2) is 6.26. The van der Waals surface area contributed by atoms with Crippen molar-refractivity contribution in [2.24, 2.45) is 0 Å². The highest BCUT2D eigenvalue weighted by molar-refractivity contribution is 7.99. The van der Waals surface area contributed by atoms with Crippen molar-refractivity contribution >= 4 is 39.9 Å². The van der Waals surface area contributed by atoms with Crippen LogP contribution in [0.3, 0.4) is 0 Å². The first-order valence-corrected chi connectivity index (χ1v) is 9.08. The van der Waals surface area contributed by atoms with Crippen molar-refractivity contribution in [3.05, 3.63) is 45.6 Å². The number of Topliss-reactive ketones (excluding diaryl/α,β-unsaturated/α-hetero) is 1. The monoisotopic (exact) mass is 330 g/mol. The van der Waals surface area contributed by atoms with Gasteiger partial charge in [0.1, 0.15) is 0 Å². The molecule has 0 N–H and O–H groups in total. The van der Waals surface area contributed by atoms with Gasteiger partial charge >= 0.3 is 0 Å². The van der Waals surface area contributed by atoms with E-state index in [9.17, 15) is 4.79 Å². The van der Waals surface area contributed by atoms with Gasteiger partial charge in [0.15, 0.2) is 10.9 Å². The summed E-state index contributed by atoms with van der Waals surface area (Å²) in [6.07, 6.45) is 0. The Morgan fingerprint density at radius 1 is 1.32 bits per heavy atom. The topological polar surface area (TPSA) is 34.9 Å². The molecule has 2 heterocycles. The molecule has 0 atom stereocenters. The maximum absolute atomic E-state index is 12.4. The van der Waals surface area contributed by atoms with Crippen LogP contribution in [0.1, 0.15) is 27.0 Å². The van der Waals surface area contributed by atoms with Crippen LogP contribution < -0.4 is 0 Å². The Morgan fingerprint density at radius 3 is 2.77 bits per heavy atom. The fourth-order valence-corrected chi connectivity index (χ4v) is 4.49. The van der Waals surface area contributed by atoms with Crippen molar-refractivity contribution in [3.63, 3.8) is 0 Å². The lowest BCUT2D eigenvalue weighted by Gasteiger charge is -2.05. The third-order valence-corrected chi connectivity index (χ3v) is 5.55. The smallest absolute Gasteiger partial charge is 0.174 e. The Bertz CT molecular complexity index is 832. The molecular formula is C17H18N2OS2. The molecule has 0 aliphatic heterocycles. The van der Waals surface area contributed by atoms with E-state index in [1.54, 1.807) is 11.3 Å². The van der Waals surface area contributed by atoms with Crippen LogP contribution in [-0.4, -0.2) is 21.1 Å². The molecule has 5 heteroatoms. The molecule has 3 rings (SSSR count). The Kier molecular flexibility index (Phi) is 4.36. The number of hydrogen-bond acceptors (Lipinski definition) is 4. The number of thioether (sulfide) groups is 1. The molecule has 114 valence electrons. The minimum atomic E-state index is 0.182. The van der Waals surface area contributed by atoms with Gasteiger partial charge in [0.25, 0.3) is 0 Å². The largest absolute Gasteiger partial charge is 0.319 e. The average Bonchev–Trinajstić information content (AvgIpc) is 3.03. The van der Waals surface area contributed by atoms with Gasteiger partial charge in [-0.25, -0.2) is 4.98 Å². The first-order valence-electron chi connectivity index (χ1n) is 7.28. The van der Waals surface area contributed by atoms with E-state index < -0.39 is 0 Å². The van der Waals surface area contributed by atoms with E-state index in [0.29, 0.717) is 5.75 Å². The van der Waals surface area contributed by atoms with E-state index in [-0.39, 0.29) is 5.78 Å². The van der Waals surface area contributed by atoms with Gasteiger partial charge in [-0.3, -0.25) is 4.79 Å². The summed E-state index contributed by atoms with van der Waals surface area (Å²) < 4.78 is 2.17. The van der Waals surface area contributed by atoms with Crippen LogP contribution >= 0.6 is 23.1 Å². The molecule has 0 aliphatic carbocycles. The highest BCUT2D eigenvalue weighted by Gasteiger charge is 2.15. The summed E-state index contributed by atoms with van der Waals surface area (Å²) >= 11 is 3.20. The third kappa shape index (κ3) is 2.83. The molecule has 3 nitrogen and oxygen atoms in total. The molecule has 0 aliphatic rings. The molecule has 1 aromatic carbocycles. The molecule has 22 heavy (non-hydrogen) atoms. The number of carbonyl (C=O) groups excluding carboxylic acids is 1. The van der Waals surface area contributed by atoms with Crippen molar-refractivity contribution in [2.75, 3.05) is 5.75 Å². The maximum atomic E-state index is 12.4. The Hall–Kier alpha value is -1.59. The van der Waals surface area contributed by atoms with E-state index in [2.05, 4.69) is 22.5 Å². The predicted octanol–water partition coefficient (Wildman–Crippen LogP) is 4.71. The Morgan fingerprint density at radius 2 is 2.09 bits per heavy atom. The summed E-state index contributed by atoms with van der Waals surface area (Å²) in [7, 11) is 0. The van der Waals surface area contributed by atoms with Crippen molar-refractivity contribution < 1.29 is 4.79 Å². The highest BCUT2D eigenvalue weighted by atomic mass is 32.2. The Labute approximate surface area is 138 Å². The molecular weight excluding hydrogens is 312 g/mol. The zero-order chi connectivity index (χ0) is 15.7. The number of benzene rings is 1. The van der Waals surface area contributed by atoms with E-state index in [0.717, 1.165) is 33.2 Å². The molecule has 0 bridgehead atoms. The number of imidazole rings is 1. The quantitative estimate of drug-likeness (QED) is 0.502. The minimum Gasteiger partial charge on any atom is -0.319 e. The molecule has 0 fully saturated rings. The van der Waals surface area contributed by atoms with Crippen LogP contribution in [0.4, 0.5) is 0 Å². The lowest BCUT2D eigenvalue weighted by atomic mass is 10.2. The summed E-state index contributed by atoms with van der Waals surface area (Å²) in [5, 5.41) is 0.918. The number of aromatic nitrogens is 2. The number of carbonyl (C=O) groups is 1. The highest BCUT2D eigenvalue weighted by Crippen LogP contribution is 2.27. The van der Waals surface area contributed by atoms with Gasteiger partial charge in [0, 0.05) is 21.9 Å². The molecule has 0 amide bonds. The van der Waals surface area contributed by atoms with Gasteiger partial charge in [0.05, 0.1) is 16.8 Å². The van der Waals surface area contributed by atoms with Gasteiger partial charge < -0.3 is 4.57 Å². The first kappa shape index (κ1) is 15.3. The van der Waals surface area contributed by atoms with E-state index in [1.165, 1.54) is 16.6 Å². The summed E-state index contributed by atoms with van der Waals surface area (Å²) in [5.74, 6) is 0.613. The van der Waals surface area contributed by atoms with Crippen LogP contribution in [0.5, 0.6) is 0 Å². The number of para-hydroxylation sites is 2. The summed E-state index contributed by atoms with van der Waals surface area (Å²) in [6, 6.07) is 10.1. The van der Waals surface area contributed by atoms with Gasteiger partial charge in [-0.1, -0.05) is 23.9 Å². The standard InChI is InChI=1S/C17H18N2OS2/c1-4-19-15-8-6-5-7-14(15)18-17(19)21-10-16(20)13-9-11(2)22-12(13)3/h5-9H,4,10H2,1-3H3. The van der Waals surface area contributed by atoms with Crippen LogP contribution in [0, 0.1) is 13.8 Å². The van der Waals surface area contributed by atoms with Crippen LogP contribution in [-0.2, 0) is 6.54 Å². The normalized spacial score (nSPS) is 11.2. The fourth-order valence-electron chi connectivity index (χ4n) is 2.58. The molecule has 2 aromatic heterocycles. The van der Waals surface area contributed by atoms with E-state index in [4.69, 9.17) is 0 Å². The van der Waals surface area contributed by atoms with Gasteiger partial charge in [-0.05, 0) is 39.0 Å². The van der Waals surface area contributed by atoms with Crippen molar-refractivity contribution in [2.45, 2.75) is 32.5 Å². The van der Waals surface area contributed by atoms with E-state index >= 15 is 0 Å². The number of fused-ring (bicyclic) bond motifs is 1.